The molecule has 3 N–H and O–H groups in total. The Balaban J connectivity index is 2.00. The molecule has 1 spiro atoms. The van der Waals surface area contributed by atoms with Gasteiger partial charge in [-0.25, -0.2) is 0 Å². The standard InChI is InChI=1S/C21H35N3O4S/c1-6-10-22-16(26)13-14-18(28)24(11-7-12-25)15(17(27)23-19(2,3)4)21(14)9-8-20(13,5)29-21/h13-15,25H,6-12H2,1-5H3,(H,22,26)(H,23,27)/t13-,14-,15?,20+,21?/m0/s1. The number of amides is 3. The fraction of sp³-hybridized carbons (Fsp3) is 0.857. The van der Waals surface area contributed by atoms with Crippen molar-refractivity contribution in [3.05, 3.63) is 0 Å². The molecule has 29 heavy (non-hydrogen) atoms. The van der Waals surface area contributed by atoms with Crippen LogP contribution in [0.4, 0.5) is 0 Å². The van der Waals surface area contributed by atoms with Crippen molar-refractivity contribution in [1.82, 2.24) is 15.5 Å². The van der Waals surface area contributed by atoms with Crippen LogP contribution >= 0.6 is 11.8 Å². The number of likely N-dealkylation sites (tertiary alicyclic amines) is 1. The Morgan fingerprint density at radius 1 is 1.28 bits per heavy atom. The van der Waals surface area contributed by atoms with Crippen molar-refractivity contribution < 1.29 is 19.5 Å². The largest absolute Gasteiger partial charge is 0.396 e. The van der Waals surface area contributed by atoms with Gasteiger partial charge in [-0.3, -0.25) is 14.4 Å². The second-order valence-corrected chi connectivity index (χ2v) is 11.8. The topological polar surface area (TPSA) is 98.7 Å². The van der Waals surface area contributed by atoms with Crippen molar-refractivity contribution in [2.24, 2.45) is 11.8 Å². The molecule has 2 unspecified atom stereocenters. The number of thioether (sulfide) groups is 1. The summed E-state index contributed by atoms with van der Waals surface area (Å²) in [6.07, 6.45) is 2.83. The van der Waals surface area contributed by atoms with Crippen LogP contribution < -0.4 is 10.6 Å². The van der Waals surface area contributed by atoms with E-state index in [0.29, 0.717) is 19.5 Å². The minimum atomic E-state index is -0.610. The molecule has 3 amide bonds. The van der Waals surface area contributed by atoms with Gasteiger partial charge in [0.25, 0.3) is 0 Å². The highest BCUT2D eigenvalue weighted by molar-refractivity contribution is 8.02. The summed E-state index contributed by atoms with van der Waals surface area (Å²) in [4.78, 5) is 41.6. The summed E-state index contributed by atoms with van der Waals surface area (Å²) < 4.78 is -0.910. The normalized spacial score (nSPS) is 35.7. The third kappa shape index (κ3) is 3.67. The molecular weight excluding hydrogens is 390 g/mol. The van der Waals surface area contributed by atoms with Crippen LogP contribution in [0.25, 0.3) is 0 Å². The maximum Gasteiger partial charge on any atom is 0.244 e. The Kier molecular flexibility index (Phi) is 6.00. The van der Waals surface area contributed by atoms with E-state index in [1.165, 1.54) is 0 Å². The molecule has 0 radical (unpaired) electrons. The summed E-state index contributed by atoms with van der Waals surface area (Å²) in [5, 5.41) is 15.4. The van der Waals surface area contributed by atoms with E-state index < -0.39 is 28.2 Å². The van der Waals surface area contributed by atoms with Crippen molar-refractivity contribution in [2.75, 3.05) is 19.7 Å². The highest BCUT2D eigenvalue weighted by Gasteiger charge is 2.77. The van der Waals surface area contributed by atoms with Gasteiger partial charge in [0.1, 0.15) is 6.04 Å². The van der Waals surface area contributed by atoms with E-state index >= 15 is 0 Å². The SMILES string of the molecule is CCCNC(=O)[C@@H]1[C@H]2C(=O)N(CCCO)C(C(=O)NC(C)(C)C)C23CC[C@@]1(C)S3. The first-order valence-corrected chi connectivity index (χ1v) is 11.5. The molecule has 0 saturated carbocycles. The van der Waals surface area contributed by atoms with E-state index in [1.807, 2.05) is 27.7 Å². The first-order chi connectivity index (χ1) is 13.5. The third-order valence-electron chi connectivity index (χ3n) is 6.41. The van der Waals surface area contributed by atoms with Crippen molar-refractivity contribution in [1.29, 1.82) is 0 Å². The third-order valence-corrected chi connectivity index (χ3v) is 8.40. The summed E-state index contributed by atoms with van der Waals surface area (Å²) in [5.74, 6) is -1.25. The zero-order valence-electron chi connectivity index (χ0n) is 18.2. The molecule has 3 saturated heterocycles. The number of aliphatic hydroxyl groups is 1. The lowest BCUT2D eigenvalue weighted by molar-refractivity contribution is -0.141. The number of hydrogen-bond acceptors (Lipinski definition) is 5. The maximum absolute atomic E-state index is 13.6. The Hall–Kier alpha value is -1.28. The van der Waals surface area contributed by atoms with Crippen LogP contribution in [0.3, 0.4) is 0 Å². The first kappa shape index (κ1) is 22.4. The first-order valence-electron chi connectivity index (χ1n) is 10.7. The average Bonchev–Trinajstić information content (AvgIpc) is 3.17. The summed E-state index contributed by atoms with van der Waals surface area (Å²) in [5.41, 5.74) is -0.416. The van der Waals surface area contributed by atoms with Gasteiger partial charge in [-0.05, 0) is 53.4 Å². The predicted molar refractivity (Wildman–Crippen MR) is 113 cm³/mol. The van der Waals surface area contributed by atoms with E-state index in [4.69, 9.17) is 0 Å². The molecule has 0 aromatic rings. The zero-order chi connectivity index (χ0) is 21.6. The van der Waals surface area contributed by atoms with Gasteiger partial charge in [0, 0.05) is 30.0 Å². The summed E-state index contributed by atoms with van der Waals surface area (Å²) in [6, 6.07) is -0.610. The summed E-state index contributed by atoms with van der Waals surface area (Å²) in [7, 11) is 0. The minimum absolute atomic E-state index is 0.0413. The van der Waals surface area contributed by atoms with Gasteiger partial charge >= 0.3 is 0 Å². The highest BCUT2D eigenvalue weighted by atomic mass is 32.2. The molecular formula is C21H35N3O4S. The summed E-state index contributed by atoms with van der Waals surface area (Å²) in [6.45, 7) is 10.7. The monoisotopic (exact) mass is 425 g/mol. The van der Waals surface area contributed by atoms with E-state index in [9.17, 15) is 19.5 Å². The van der Waals surface area contributed by atoms with Crippen molar-refractivity contribution in [3.8, 4) is 0 Å². The number of nitrogens with zero attached hydrogens (tertiary/aromatic N) is 1. The second kappa shape index (κ2) is 7.76. The average molecular weight is 426 g/mol. The molecule has 3 heterocycles. The predicted octanol–water partition coefficient (Wildman–Crippen LogP) is 1.29. The highest BCUT2D eigenvalue weighted by Crippen LogP contribution is 2.71. The number of carbonyl (C=O) groups excluding carboxylic acids is 3. The number of hydrogen-bond donors (Lipinski definition) is 3. The fourth-order valence-corrected chi connectivity index (χ4v) is 7.76. The molecule has 5 atom stereocenters. The van der Waals surface area contributed by atoms with Gasteiger partial charge < -0.3 is 20.6 Å². The van der Waals surface area contributed by atoms with Crippen LogP contribution in [-0.4, -0.2) is 68.5 Å². The maximum atomic E-state index is 13.6. The van der Waals surface area contributed by atoms with E-state index in [-0.39, 0.29) is 29.1 Å². The van der Waals surface area contributed by atoms with Crippen molar-refractivity contribution in [2.45, 2.75) is 81.4 Å². The van der Waals surface area contributed by atoms with Crippen LogP contribution in [-0.2, 0) is 14.4 Å². The van der Waals surface area contributed by atoms with E-state index in [0.717, 1.165) is 19.3 Å². The van der Waals surface area contributed by atoms with Gasteiger partial charge in [0.15, 0.2) is 0 Å². The molecule has 0 aliphatic carbocycles. The molecule has 0 aromatic carbocycles. The molecule has 7 nitrogen and oxygen atoms in total. The van der Waals surface area contributed by atoms with Crippen molar-refractivity contribution in [3.63, 3.8) is 0 Å². The minimum Gasteiger partial charge on any atom is -0.396 e. The molecule has 3 rings (SSSR count). The van der Waals surface area contributed by atoms with Crippen LogP contribution in [0.5, 0.6) is 0 Å². The van der Waals surface area contributed by atoms with Gasteiger partial charge in [-0.1, -0.05) is 6.92 Å². The van der Waals surface area contributed by atoms with Crippen LogP contribution in [0, 0.1) is 11.8 Å². The van der Waals surface area contributed by atoms with Gasteiger partial charge in [-0.15, -0.1) is 11.8 Å². The molecule has 3 fully saturated rings. The molecule has 2 bridgehead atoms. The number of fused-ring (bicyclic) bond motifs is 1. The smallest absolute Gasteiger partial charge is 0.244 e. The van der Waals surface area contributed by atoms with Gasteiger partial charge in [0.05, 0.1) is 16.6 Å². The van der Waals surface area contributed by atoms with Crippen LogP contribution in [0.15, 0.2) is 0 Å². The van der Waals surface area contributed by atoms with Gasteiger partial charge in [0.2, 0.25) is 17.7 Å². The number of nitrogens with one attached hydrogen (secondary N) is 2. The number of rotatable bonds is 7. The summed E-state index contributed by atoms with van der Waals surface area (Å²) >= 11 is 1.68. The van der Waals surface area contributed by atoms with E-state index in [2.05, 4.69) is 17.6 Å². The molecule has 164 valence electrons. The van der Waals surface area contributed by atoms with Crippen LogP contribution in [0.1, 0.15) is 60.3 Å². The molecule has 3 aliphatic heterocycles. The van der Waals surface area contributed by atoms with E-state index in [1.54, 1.807) is 16.7 Å². The number of carbonyl (C=O) groups is 3. The van der Waals surface area contributed by atoms with Crippen LogP contribution in [0.2, 0.25) is 0 Å². The zero-order valence-corrected chi connectivity index (χ0v) is 19.0. The lowest BCUT2D eigenvalue weighted by atomic mass is 9.66. The Morgan fingerprint density at radius 2 is 1.97 bits per heavy atom. The Labute approximate surface area is 177 Å². The quantitative estimate of drug-likeness (QED) is 0.571. The molecule has 3 aliphatic rings. The Bertz CT molecular complexity index is 694. The van der Waals surface area contributed by atoms with Gasteiger partial charge in [-0.2, -0.15) is 0 Å². The Morgan fingerprint density at radius 3 is 2.55 bits per heavy atom. The van der Waals surface area contributed by atoms with Crippen molar-refractivity contribution >= 4 is 29.5 Å². The molecule has 0 aromatic heterocycles. The number of aliphatic hydroxyl groups excluding tert-OH is 1. The lowest BCUT2D eigenvalue weighted by Gasteiger charge is -2.36. The lowest BCUT2D eigenvalue weighted by Crippen LogP contribution is -2.57. The second-order valence-electron chi connectivity index (χ2n) is 9.87. The molecule has 8 heteroatoms. The fourth-order valence-electron chi connectivity index (χ4n) is 5.40.